The number of benzene rings is 2. The average molecular weight is 1280 g/mol. The summed E-state index contributed by atoms with van der Waals surface area (Å²) in [6.07, 6.45) is -10.3. The summed E-state index contributed by atoms with van der Waals surface area (Å²) < 4.78 is 120. The Labute approximate surface area is 515 Å². The van der Waals surface area contributed by atoms with Crippen molar-refractivity contribution >= 4 is 74.6 Å². The normalized spacial score (nSPS) is 19.6. The highest BCUT2D eigenvalue weighted by Gasteiger charge is 2.53. The lowest BCUT2D eigenvalue weighted by Gasteiger charge is -2.44. The molecule has 0 bridgehead atoms. The molecule has 30 heteroatoms. The minimum atomic E-state index is -4.86. The topological polar surface area (TPSA) is 258 Å². The molecule has 4 saturated heterocycles. The number of ether oxygens (including phenoxy) is 4. The first kappa shape index (κ1) is 67.3. The van der Waals surface area contributed by atoms with Gasteiger partial charge in [0.1, 0.15) is 35.9 Å². The molecule has 10 rings (SSSR count). The van der Waals surface area contributed by atoms with Crippen LogP contribution in [0.15, 0.2) is 85.2 Å². The first-order valence-corrected chi connectivity index (χ1v) is 33.4. The Morgan fingerprint density at radius 1 is 0.562 bits per heavy atom. The highest BCUT2D eigenvalue weighted by atomic mass is 28.4. The molecule has 2 amide bonds. The van der Waals surface area contributed by atoms with Crippen LogP contribution in [0.4, 0.5) is 71.4 Å². The molecule has 6 aromatic rings. The summed E-state index contributed by atoms with van der Waals surface area (Å²) in [5, 5.41) is 1.70. The number of aromatic nitrogens is 8. The Balaban J connectivity index is 0.000000234. The van der Waals surface area contributed by atoms with Gasteiger partial charge in [-0.3, -0.25) is 9.80 Å². The van der Waals surface area contributed by atoms with E-state index in [0.29, 0.717) is 52.6 Å². The second-order valence-corrected chi connectivity index (χ2v) is 33.2. The molecule has 4 N–H and O–H groups in total. The van der Waals surface area contributed by atoms with Gasteiger partial charge in [0.25, 0.3) is 8.32 Å². The summed E-state index contributed by atoms with van der Waals surface area (Å²) in [4.78, 5) is 65.7. The van der Waals surface area contributed by atoms with Gasteiger partial charge in [0.15, 0.2) is 19.7 Å². The lowest BCUT2D eigenvalue weighted by molar-refractivity contribution is -0.141. The van der Waals surface area contributed by atoms with E-state index in [-0.39, 0.29) is 71.2 Å². The van der Waals surface area contributed by atoms with Gasteiger partial charge in [-0.1, -0.05) is 110 Å². The number of hydrogen-bond acceptors (Lipinski definition) is 20. The molecule has 0 radical (unpaired) electrons. The number of amides is 2. The Morgan fingerprint density at radius 2 is 0.933 bits per heavy atom. The lowest BCUT2D eigenvalue weighted by Crippen LogP contribution is -2.67. The van der Waals surface area contributed by atoms with E-state index in [1.54, 1.807) is 23.6 Å². The highest BCUT2D eigenvalue weighted by Crippen LogP contribution is 2.43. The molecular weight excluding hydrogens is 1200 g/mol. The van der Waals surface area contributed by atoms with Crippen molar-refractivity contribution in [1.29, 1.82) is 0 Å². The van der Waals surface area contributed by atoms with Crippen molar-refractivity contribution in [2.45, 2.75) is 123 Å². The zero-order valence-corrected chi connectivity index (χ0v) is 52.5. The van der Waals surface area contributed by atoms with Crippen molar-refractivity contribution in [1.82, 2.24) is 39.9 Å². The maximum Gasteiger partial charge on any atom is 0.434 e. The summed E-state index contributed by atoms with van der Waals surface area (Å²) in [6, 6.07) is 21.5. The van der Waals surface area contributed by atoms with Crippen molar-refractivity contribution in [2.75, 3.05) is 96.9 Å². The van der Waals surface area contributed by atoms with E-state index in [2.05, 4.69) is 114 Å². The molecule has 0 unspecified atom stereocenters. The molecule has 89 heavy (non-hydrogen) atoms. The highest BCUT2D eigenvalue weighted by molar-refractivity contribution is 6.99. The molecule has 480 valence electrons. The van der Waals surface area contributed by atoms with Gasteiger partial charge in [-0.05, 0) is 47.4 Å². The molecule has 4 fully saturated rings. The Bertz CT molecular complexity index is 3410. The number of nitrogens with two attached hydrogens (primary N) is 2. The fraction of sp³-hybridized carbons (Fsp3) is 0.492. The van der Waals surface area contributed by atoms with Crippen LogP contribution in [-0.4, -0.2) is 159 Å². The molecular formula is C59H76F6N14O8Si2. The molecule has 4 atom stereocenters. The van der Waals surface area contributed by atoms with E-state index in [1.165, 1.54) is 21.9 Å². The number of cyclic esters (lactones) is 2. The number of carbonyl (C=O) groups is 2. The number of carbonyl (C=O) groups excluding carboxylic acids is 2. The molecule has 22 nitrogen and oxygen atoms in total. The van der Waals surface area contributed by atoms with Gasteiger partial charge in [-0.25, -0.2) is 39.5 Å². The Kier molecular flexibility index (Phi) is 20.0. The van der Waals surface area contributed by atoms with E-state index in [0.717, 1.165) is 22.8 Å². The number of nitrogens with zero attached hydrogens (tertiary/aromatic N) is 12. The maximum atomic E-state index is 14.2. The summed E-state index contributed by atoms with van der Waals surface area (Å²) in [7, 11) is -5.23. The Morgan fingerprint density at radius 3 is 1.28 bits per heavy atom. The maximum absolute atomic E-state index is 14.2. The van der Waals surface area contributed by atoms with E-state index >= 15 is 0 Å². The fourth-order valence-electron chi connectivity index (χ4n) is 10.5. The fourth-order valence-corrected chi connectivity index (χ4v) is 16.1. The minimum absolute atomic E-state index is 0. The van der Waals surface area contributed by atoms with Crippen LogP contribution in [0, 0.1) is 0 Å². The third-order valence-electron chi connectivity index (χ3n) is 16.2. The summed E-state index contributed by atoms with van der Waals surface area (Å²) in [5.74, 6) is -0.636. The van der Waals surface area contributed by atoms with Gasteiger partial charge in [-0.15, -0.1) is 0 Å². The molecule has 0 saturated carbocycles. The second-order valence-electron chi connectivity index (χ2n) is 24.1. The summed E-state index contributed by atoms with van der Waals surface area (Å²) in [6.45, 7) is 23.9. The number of nitrogen functional groups attached to an aromatic ring is 2. The first-order valence-electron chi connectivity index (χ1n) is 28.6. The van der Waals surface area contributed by atoms with Crippen LogP contribution in [0.3, 0.4) is 0 Å². The second kappa shape index (κ2) is 26.4. The van der Waals surface area contributed by atoms with E-state index in [9.17, 15) is 35.9 Å². The number of morpholine rings is 2. The van der Waals surface area contributed by atoms with Crippen LogP contribution in [-0.2, 0) is 40.2 Å². The van der Waals surface area contributed by atoms with Crippen LogP contribution in [0.5, 0.6) is 0 Å². The molecule has 0 spiro atoms. The SMILES string of the molecule is C.C[C@H]1OC(=O)N(c2cc(-c3cnc(N)nc3C(F)(F)F)nc(N3CCOCC3)n2)[C@H]1CO[Si](C)(C)C(C)(C)C.C[C@H]1OC(=O)N(c2cc(-c3cnc(N)nc3C(F)(F)F)nc(N3CCOCC3)n2)[C@H]1CO[Si](c1ccccc1)(c1ccccc1)C(C)(C)C. The molecule has 4 aliphatic rings. The predicted octanol–water partition coefficient (Wildman–Crippen LogP) is 9.40. The zero-order chi connectivity index (χ0) is 63.7. The van der Waals surface area contributed by atoms with Crippen molar-refractivity contribution in [3.8, 4) is 22.5 Å². The predicted molar refractivity (Wildman–Crippen MR) is 329 cm³/mol. The number of anilines is 6. The lowest BCUT2D eigenvalue weighted by atomic mass is 10.1. The Hall–Kier alpha value is -7.65. The standard InChI is InChI=1S/C34H38F3N7O4Si.C24H34F3N7O4Si.CH4/c1-22-27(21-47-49(33(2,3)4,23-11-7-5-8-12-23)24-13-9-6-10-14-24)44(32(45)48-22)28-19-26(40-31(41-28)43-15-17-46-18-16-43)25-20-39-30(38)42-29(25)34(35,36)37;1-14-17(13-37-39(5,6)23(2,3)4)34(22(35)38-14)18-11-16(30-21(31-18)33-7-9-36-10-8-33)15-12-29-20(28)32-19(15)24(25,26)27;/h5-14,19-20,22,27H,15-18,21H2,1-4H3,(H2,38,39,42);11-12,14,17H,7-10,13H2,1-6H3,(H2,28,29,32);1H4/t22-,27+;14-,17+;/m11./s1. The van der Waals surface area contributed by atoms with Crippen molar-refractivity contribution in [3.63, 3.8) is 0 Å². The van der Waals surface area contributed by atoms with Gasteiger partial charge in [-0.2, -0.15) is 36.3 Å². The zero-order valence-electron chi connectivity index (χ0n) is 50.5. The molecule has 4 aliphatic heterocycles. The number of alkyl halides is 6. The van der Waals surface area contributed by atoms with Crippen LogP contribution < -0.4 is 41.4 Å². The smallest absolute Gasteiger partial charge is 0.434 e. The summed E-state index contributed by atoms with van der Waals surface area (Å²) >= 11 is 0. The largest absolute Gasteiger partial charge is 0.444 e. The van der Waals surface area contributed by atoms with Gasteiger partial charge in [0.05, 0.1) is 51.0 Å². The average Bonchev–Trinajstić information content (AvgIpc) is 1.86. The van der Waals surface area contributed by atoms with E-state index in [1.807, 2.05) is 36.4 Å². The van der Waals surface area contributed by atoms with Gasteiger partial charge in [0, 0.05) is 61.8 Å². The van der Waals surface area contributed by atoms with Crippen LogP contribution in [0.25, 0.3) is 22.5 Å². The monoisotopic (exact) mass is 1280 g/mol. The van der Waals surface area contributed by atoms with Crippen molar-refractivity contribution < 1.29 is 63.7 Å². The van der Waals surface area contributed by atoms with Crippen LogP contribution in [0.1, 0.15) is 74.2 Å². The minimum Gasteiger partial charge on any atom is -0.444 e. The first-order chi connectivity index (χ1) is 41.4. The molecule has 4 aromatic heterocycles. The van der Waals surface area contributed by atoms with Crippen LogP contribution >= 0.6 is 0 Å². The third-order valence-corrected chi connectivity index (χ3v) is 25.7. The number of rotatable bonds is 14. The van der Waals surface area contributed by atoms with Gasteiger partial charge < -0.3 is 49.1 Å². The van der Waals surface area contributed by atoms with Crippen molar-refractivity contribution in [3.05, 3.63) is 96.6 Å². The van der Waals surface area contributed by atoms with Gasteiger partial charge >= 0.3 is 24.5 Å². The molecule has 2 aromatic carbocycles. The summed E-state index contributed by atoms with van der Waals surface area (Å²) in [5.41, 5.74) is 7.53. The molecule has 8 heterocycles. The number of hydrogen-bond donors (Lipinski definition) is 2. The molecule has 0 aliphatic carbocycles. The van der Waals surface area contributed by atoms with Gasteiger partial charge in [0.2, 0.25) is 23.8 Å². The van der Waals surface area contributed by atoms with E-state index in [4.69, 9.17) is 44.3 Å². The number of halogens is 6. The van der Waals surface area contributed by atoms with Crippen molar-refractivity contribution in [2.24, 2.45) is 0 Å². The van der Waals surface area contributed by atoms with E-state index < -0.39 is 94.3 Å². The third kappa shape index (κ3) is 14.5. The quantitative estimate of drug-likeness (QED) is 0.0760. The van der Waals surface area contributed by atoms with Crippen LogP contribution in [0.2, 0.25) is 23.2 Å².